The predicted octanol–water partition coefficient (Wildman–Crippen LogP) is 9.65. The summed E-state index contributed by atoms with van der Waals surface area (Å²) in [5, 5.41) is 8.75. The number of hydrogen-bond donors (Lipinski definition) is 1. The Labute approximate surface area is 258 Å². The molecule has 2 aromatic heterocycles. The summed E-state index contributed by atoms with van der Waals surface area (Å²) in [4.78, 5) is 9.99. The monoisotopic (exact) mass is 582 g/mol. The van der Waals surface area contributed by atoms with E-state index in [9.17, 15) is 0 Å². The Hall–Kier alpha value is -5.52. The van der Waals surface area contributed by atoms with Crippen LogP contribution in [0.3, 0.4) is 0 Å². The average molecular weight is 583 g/mol. The van der Waals surface area contributed by atoms with E-state index in [1.54, 1.807) is 0 Å². The molecule has 5 heteroatoms. The summed E-state index contributed by atoms with van der Waals surface area (Å²) in [5.41, 5.74) is 6.71. The molecule has 1 N–H and O–H groups in total. The molecule has 0 amide bonds. The number of aromatic nitrogens is 1. The average Bonchev–Trinajstić information content (AvgIpc) is 3.65. The van der Waals surface area contributed by atoms with Gasteiger partial charge in [0.1, 0.15) is 12.0 Å². The second-order valence-corrected chi connectivity index (χ2v) is 12.1. The molecule has 8 aromatic rings. The number of rotatable bonds is 4. The number of nitrogens with one attached hydrogen (secondary N) is 1. The minimum atomic E-state index is -0.225. The standard InChI is InChI=1S/C39H26N4S/c1-3-11-25(12-4-1)37-40-38(26-13-5-2-6-14-26)42-39(41-37)27-19-21-28(22-20-27)43-33-17-9-7-15-29(33)31-23-24-32-30-16-8-10-18-34(30)44-36(32)35(31)43/h1-24,37H,(H,40,41,42). The van der Waals surface area contributed by atoms with Crippen LogP contribution in [0.2, 0.25) is 0 Å². The molecule has 0 fully saturated rings. The zero-order chi connectivity index (χ0) is 29.0. The van der Waals surface area contributed by atoms with E-state index in [1.165, 1.54) is 42.0 Å². The second kappa shape index (κ2) is 10.0. The third-order valence-electron chi connectivity index (χ3n) is 8.47. The fourth-order valence-corrected chi connectivity index (χ4v) is 7.63. The number of thiophene rings is 1. The van der Waals surface area contributed by atoms with Crippen molar-refractivity contribution < 1.29 is 0 Å². The van der Waals surface area contributed by atoms with E-state index in [-0.39, 0.29) is 6.17 Å². The molecule has 0 bridgehead atoms. The maximum atomic E-state index is 5.01. The molecule has 44 heavy (non-hydrogen) atoms. The van der Waals surface area contributed by atoms with E-state index in [2.05, 4.69) is 119 Å². The third kappa shape index (κ3) is 3.98. The lowest BCUT2D eigenvalue weighted by Gasteiger charge is -2.23. The lowest BCUT2D eigenvalue weighted by molar-refractivity contribution is 0.674. The number of para-hydroxylation sites is 1. The van der Waals surface area contributed by atoms with Crippen molar-refractivity contribution in [3.05, 3.63) is 162 Å². The van der Waals surface area contributed by atoms with Gasteiger partial charge in [-0.25, -0.2) is 9.98 Å². The Morgan fingerprint density at radius 1 is 0.568 bits per heavy atom. The molecule has 1 aliphatic rings. The molecule has 0 aliphatic carbocycles. The van der Waals surface area contributed by atoms with E-state index in [0.717, 1.165) is 34.0 Å². The first-order valence-electron chi connectivity index (χ1n) is 14.8. The van der Waals surface area contributed by atoms with E-state index >= 15 is 0 Å². The number of nitrogens with zero attached hydrogens (tertiary/aromatic N) is 3. The maximum absolute atomic E-state index is 5.01. The van der Waals surface area contributed by atoms with Gasteiger partial charge in [0, 0.05) is 43.1 Å². The van der Waals surface area contributed by atoms with Crippen LogP contribution in [0, 0.1) is 0 Å². The van der Waals surface area contributed by atoms with E-state index in [1.807, 2.05) is 47.7 Å². The Bertz CT molecular complexity index is 2400. The molecule has 0 saturated heterocycles. The number of hydrogen-bond acceptors (Lipinski definition) is 4. The van der Waals surface area contributed by atoms with E-state index in [4.69, 9.17) is 9.98 Å². The first-order chi connectivity index (χ1) is 21.8. The molecule has 1 atom stereocenters. The van der Waals surface area contributed by atoms with Crippen LogP contribution in [-0.2, 0) is 0 Å². The Kier molecular flexibility index (Phi) is 5.71. The van der Waals surface area contributed by atoms with Crippen molar-refractivity contribution in [2.24, 2.45) is 9.98 Å². The lowest BCUT2D eigenvalue weighted by atomic mass is 10.1. The number of aliphatic imine (C=N–C) groups is 2. The molecular formula is C39H26N4S. The van der Waals surface area contributed by atoms with Gasteiger partial charge in [-0.05, 0) is 42.0 Å². The topological polar surface area (TPSA) is 41.7 Å². The van der Waals surface area contributed by atoms with Crippen LogP contribution in [0.4, 0.5) is 0 Å². The van der Waals surface area contributed by atoms with Gasteiger partial charge in [-0.1, -0.05) is 109 Å². The third-order valence-corrected chi connectivity index (χ3v) is 9.66. The summed E-state index contributed by atoms with van der Waals surface area (Å²) in [6.07, 6.45) is -0.225. The number of fused-ring (bicyclic) bond motifs is 7. The van der Waals surface area contributed by atoms with Gasteiger partial charge < -0.3 is 9.88 Å². The van der Waals surface area contributed by atoms with Crippen molar-refractivity contribution in [2.45, 2.75) is 6.17 Å². The molecule has 0 radical (unpaired) electrons. The van der Waals surface area contributed by atoms with Crippen molar-refractivity contribution >= 4 is 65.0 Å². The molecule has 6 aromatic carbocycles. The normalized spacial score (nSPS) is 15.0. The largest absolute Gasteiger partial charge is 0.344 e. The Morgan fingerprint density at radius 2 is 1.25 bits per heavy atom. The molecular weight excluding hydrogens is 557 g/mol. The SMILES string of the molecule is c1ccc(C2=NC(c3ccccc3)NC(c3ccc(-n4c5ccccc5c5ccc6c7ccccc7sc6c54)cc3)=N2)cc1. The van der Waals surface area contributed by atoms with Crippen molar-refractivity contribution in [1.82, 2.24) is 9.88 Å². The summed E-state index contributed by atoms with van der Waals surface area (Å²) >= 11 is 1.87. The molecule has 1 unspecified atom stereocenters. The highest BCUT2D eigenvalue weighted by Gasteiger charge is 2.22. The van der Waals surface area contributed by atoms with Gasteiger partial charge in [0.15, 0.2) is 5.84 Å². The summed E-state index contributed by atoms with van der Waals surface area (Å²) in [5.74, 6) is 1.54. The van der Waals surface area contributed by atoms with E-state index < -0.39 is 0 Å². The second-order valence-electron chi connectivity index (χ2n) is 11.1. The van der Waals surface area contributed by atoms with E-state index in [0.29, 0.717) is 0 Å². The Morgan fingerprint density at radius 3 is 2.07 bits per heavy atom. The van der Waals surface area contributed by atoms with Gasteiger partial charge in [-0.3, -0.25) is 0 Å². The highest BCUT2D eigenvalue weighted by Crippen LogP contribution is 2.42. The summed E-state index contributed by atoms with van der Waals surface area (Å²) in [6.45, 7) is 0. The molecule has 208 valence electrons. The van der Waals surface area contributed by atoms with Gasteiger partial charge in [-0.15, -0.1) is 11.3 Å². The quantitative estimate of drug-likeness (QED) is 0.221. The molecule has 9 rings (SSSR count). The molecule has 0 saturated carbocycles. The van der Waals surface area contributed by atoms with Crippen LogP contribution in [0.25, 0.3) is 47.7 Å². The molecule has 3 heterocycles. The zero-order valence-electron chi connectivity index (χ0n) is 23.7. The van der Waals surface area contributed by atoms with Crippen LogP contribution in [-0.4, -0.2) is 16.2 Å². The molecule has 4 nitrogen and oxygen atoms in total. The van der Waals surface area contributed by atoms with Gasteiger partial charge in [-0.2, -0.15) is 0 Å². The molecule has 1 aliphatic heterocycles. The van der Waals surface area contributed by atoms with Gasteiger partial charge in [0.25, 0.3) is 0 Å². The zero-order valence-corrected chi connectivity index (χ0v) is 24.5. The van der Waals surface area contributed by atoms with Crippen LogP contribution >= 0.6 is 11.3 Å². The van der Waals surface area contributed by atoms with Crippen molar-refractivity contribution in [3.63, 3.8) is 0 Å². The van der Waals surface area contributed by atoms with Crippen molar-refractivity contribution in [1.29, 1.82) is 0 Å². The van der Waals surface area contributed by atoms with Crippen molar-refractivity contribution in [2.75, 3.05) is 0 Å². The lowest BCUT2D eigenvalue weighted by Crippen LogP contribution is -2.33. The highest BCUT2D eigenvalue weighted by molar-refractivity contribution is 7.26. The summed E-state index contributed by atoms with van der Waals surface area (Å²) < 4.78 is 5.05. The minimum Gasteiger partial charge on any atom is -0.344 e. The fourth-order valence-electron chi connectivity index (χ4n) is 6.39. The van der Waals surface area contributed by atoms with Gasteiger partial charge in [0.2, 0.25) is 0 Å². The minimum absolute atomic E-state index is 0.225. The number of amidine groups is 2. The first-order valence-corrected chi connectivity index (χ1v) is 15.6. The van der Waals surface area contributed by atoms with Crippen LogP contribution < -0.4 is 5.32 Å². The fraction of sp³-hybridized carbons (Fsp3) is 0.0256. The molecule has 0 spiro atoms. The van der Waals surface area contributed by atoms with Crippen LogP contribution in [0.1, 0.15) is 22.9 Å². The summed E-state index contributed by atoms with van der Waals surface area (Å²) in [7, 11) is 0. The Balaban J connectivity index is 1.19. The van der Waals surface area contributed by atoms with Crippen LogP contribution in [0.5, 0.6) is 0 Å². The maximum Gasteiger partial charge on any atom is 0.159 e. The predicted molar refractivity (Wildman–Crippen MR) is 186 cm³/mol. The first kappa shape index (κ1) is 25.0. The van der Waals surface area contributed by atoms with Gasteiger partial charge in [0.05, 0.1) is 15.7 Å². The van der Waals surface area contributed by atoms with Gasteiger partial charge >= 0.3 is 0 Å². The smallest absolute Gasteiger partial charge is 0.159 e. The summed E-state index contributed by atoms with van der Waals surface area (Å²) in [6, 6.07) is 51.3. The van der Waals surface area contributed by atoms with Crippen LogP contribution in [0.15, 0.2) is 156 Å². The number of benzene rings is 6. The van der Waals surface area contributed by atoms with Crippen molar-refractivity contribution in [3.8, 4) is 5.69 Å². The highest BCUT2D eigenvalue weighted by atomic mass is 32.1.